The van der Waals surface area contributed by atoms with Gasteiger partial charge in [0.1, 0.15) is 0 Å². The topological polar surface area (TPSA) is 38.0 Å². The molecule has 0 unspecified atom stereocenters. The van der Waals surface area contributed by atoms with Crippen LogP contribution in [0.2, 0.25) is 5.02 Å². The molecular weight excluding hydrogens is 239 g/mol. The van der Waals surface area contributed by atoms with Gasteiger partial charge in [-0.25, -0.2) is 0 Å². The molecule has 0 atom stereocenters. The number of rotatable bonds is 3. The lowest BCUT2D eigenvalue weighted by Crippen LogP contribution is -2.12. The lowest BCUT2D eigenvalue weighted by atomic mass is 10.3. The van der Waals surface area contributed by atoms with Crippen molar-refractivity contribution < 1.29 is 0 Å². The minimum Gasteiger partial charge on any atom is -0.384 e. The van der Waals surface area contributed by atoms with E-state index in [1.54, 1.807) is 0 Å². The van der Waals surface area contributed by atoms with Crippen molar-refractivity contribution in [1.82, 2.24) is 0 Å². The Morgan fingerprint density at radius 1 is 1.50 bits per heavy atom. The first-order valence-electron chi connectivity index (χ1n) is 3.63. The Kier molecular flexibility index (Phi) is 3.85. The summed E-state index contributed by atoms with van der Waals surface area (Å²) in [5.41, 5.74) is 6.33. The third kappa shape index (κ3) is 2.66. The molecule has 0 aliphatic heterocycles. The smallest absolute Gasteiger partial charge is 0.0568 e. The molecule has 0 heterocycles. The van der Waals surface area contributed by atoms with E-state index in [4.69, 9.17) is 17.3 Å². The van der Waals surface area contributed by atoms with Crippen LogP contribution in [0, 0.1) is 0 Å². The number of anilines is 1. The van der Waals surface area contributed by atoms with Gasteiger partial charge in [-0.3, -0.25) is 0 Å². The molecule has 1 aromatic rings. The molecule has 3 N–H and O–H groups in total. The van der Waals surface area contributed by atoms with E-state index in [-0.39, 0.29) is 0 Å². The standard InChI is InChI=1S/C8H10BrClN2/c9-7-2-1-6(5-8(7)10)12-4-3-11/h1-2,5,12H,3-4,11H2. The van der Waals surface area contributed by atoms with Gasteiger partial charge in [0.05, 0.1) is 5.02 Å². The summed E-state index contributed by atoms with van der Waals surface area (Å²) in [6.45, 7) is 1.38. The molecule has 0 amide bonds. The van der Waals surface area contributed by atoms with Crippen molar-refractivity contribution in [3.05, 3.63) is 27.7 Å². The first-order valence-corrected chi connectivity index (χ1v) is 4.80. The molecule has 4 heteroatoms. The fraction of sp³-hybridized carbons (Fsp3) is 0.250. The monoisotopic (exact) mass is 248 g/mol. The molecule has 0 spiro atoms. The average Bonchev–Trinajstić information content (AvgIpc) is 2.07. The molecule has 0 saturated heterocycles. The molecule has 12 heavy (non-hydrogen) atoms. The molecule has 0 aromatic heterocycles. The van der Waals surface area contributed by atoms with Crippen LogP contribution >= 0.6 is 27.5 Å². The van der Waals surface area contributed by atoms with Crippen molar-refractivity contribution in [2.24, 2.45) is 5.73 Å². The third-order valence-corrected chi connectivity index (χ3v) is 2.63. The van der Waals surface area contributed by atoms with E-state index in [9.17, 15) is 0 Å². The molecule has 0 bridgehead atoms. The number of nitrogens with two attached hydrogens (primary N) is 1. The highest BCUT2D eigenvalue weighted by Gasteiger charge is 1.97. The maximum Gasteiger partial charge on any atom is 0.0568 e. The van der Waals surface area contributed by atoms with Crippen LogP contribution in [0.5, 0.6) is 0 Å². The van der Waals surface area contributed by atoms with Crippen molar-refractivity contribution in [1.29, 1.82) is 0 Å². The van der Waals surface area contributed by atoms with E-state index in [0.717, 1.165) is 16.7 Å². The van der Waals surface area contributed by atoms with E-state index in [1.807, 2.05) is 18.2 Å². The van der Waals surface area contributed by atoms with Gasteiger partial charge in [-0.1, -0.05) is 11.6 Å². The highest BCUT2D eigenvalue weighted by atomic mass is 79.9. The van der Waals surface area contributed by atoms with Crippen LogP contribution in [-0.2, 0) is 0 Å². The number of benzene rings is 1. The first-order chi connectivity index (χ1) is 5.74. The van der Waals surface area contributed by atoms with E-state index in [0.29, 0.717) is 11.6 Å². The summed E-state index contributed by atoms with van der Waals surface area (Å²) in [7, 11) is 0. The SMILES string of the molecule is NCCNc1ccc(Br)c(Cl)c1. The summed E-state index contributed by atoms with van der Waals surface area (Å²) < 4.78 is 0.905. The third-order valence-electron chi connectivity index (χ3n) is 1.39. The maximum atomic E-state index is 5.87. The molecule has 1 rings (SSSR count). The van der Waals surface area contributed by atoms with E-state index in [2.05, 4.69) is 21.2 Å². The van der Waals surface area contributed by atoms with Crippen molar-refractivity contribution in [2.75, 3.05) is 18.4 Å². The second-order valence-electron chi connectivity index (χ2n) is 2.34. The van der Waals surface area contributed by atoms with Crippen LogP contribution in [0.15, 0.2) is 22.7 Å². The van der Waals surface area contributed by atoms with E-state index >= 15 is 0 Å². The summed E-state index contributed by atoms with van der Waals surface area (Å²) in [6.07, 6.45) is 0. The predicted molar refractivity (Wildman–Crippen MR) is 56.7 cm³/mol. The van der Waals surface area contributed by atoms with Gasteiger partial charge in [0.15, 0.2) is 0 Å². The fourth-order valence-electron chi connectivity index (χ4n) is 0.823. The Morgan fingerprint density at radius 3 is 2.83 bits per heavy atom. The molecule has 0 radical (unpaired) electrons. The lowest BCUT2D eigenvalue weighted by molar-refractivity contribution is 1.02. The normalized spacial score (nSPS) is 9.92. The molecule has 2 nitrogen and oxygen atoms in total. The molecule has 0 saturated carbocycles. The predicted octanol–water partition coefficient (Wildman–Crippen LogP) is 2.47. The van der Waals surface area contributed by atoms with Crippen molar-refractivity contribution in [3.8, 4) is 0 Å². The quantitative estimate of drug-likeness (QED) is 0.864. The van der Waals surface area contributed by atoms with Gasteiger partial charge in [0.25, 0.3) is 0 Å². The van der Waals surface area contributed by atoms with Crippen molar-refractivity contribution in [2.45, 2.75) is 0 Å². The van der Waals surface area contributed by atoms with Crippen LogP contribution in [0.4, 0.5) is 5.69 Å². The van der Waals surface area contributed by atoms with E-state index < -0.39 is 0 Å². The van der Waals surface area contributed by atoms with Crippen LogP contribution in [0.25, 0.3) is 0 Å². The van der Waals surface area contributed by atoms with Gasteiger partial charge in [0, 0.05) is 23.2 Å². The van der Waals surface area contributed by atoms with Crippen LogP contribution in [0.3, 0.4) is 0 Å². The largest absolute Gasteiger partial charge is 0.384 e. The minimum absolute atomic E-state index is 0.619. The Labute approximate surface area is 85.2 Å². The van der Waals surface area contributed by atoms with Crippen LogP contribution in [0.1, 0.15) is 0 Å². The number of hydrogen-bond acceptors (Lipinski definition) is 2. The van der Waals surface area contributed by atoms with Gasteiger partial charge < -0.3 is 11.1 Å². The molecule has 66 valence electrons. The Morgan fingerprint density at radius 2 is 2.25 bits per heavy atom. The number of hydrogen-bond donors (Lipinski definition) is 2. The summed E-state index contributed by atoms with van der Waals surface area (Å²) in [5.74, 6) is 0. The minimum atomic E-state index is 0.619. The van der Waals surface area contributed by atoms with Crippen molar-refractivity contribution in [3.63, 3.8) is 0 Å². The van der Waals surface area contributed by atoms with Gasteiger partial charge in [0.2, 0.25) is 0 Å². The van der Waals surface area contributed by atoms with Crippen LogP contribution < -0.4 is 11.1 Å². The van der Waals surface area contributed by atoms with Gasteiger partial charge in [-0.15, -0.1) is 0 Å². The zero-order valence-corrected chi connectivity index (χ0v) is 8.82. The second kappa shape index (κ2) is 4.70. The Hall–Kier alpha value is -0.250. The van der Waals surface area contributed by atoms with Gasteiger partial charge in [-0.2, -0.15) is 0 Å². The highest BCUT2D eigenvalue weighted by molar-refractivity contribution is 9.10. The fourth-order valence-corrected chi connectivity index (χ4v) is 1.25. The zero-order valence-electron chi connectivity index (χ0n) is 6.48. The molecule has 1 aromatic carbocycles. The molecule has 0 aliphatic carbocycles. The Balaban J connectivity index is 2.69. The molecule has 0 fully saturated rings. The maximum absolute atomic E-state index is 5.87. The zero-order chi connectivity index (χ0) is 8.97. The second-order valence-corrected chi connectivity index (χ2v) is 3.61. The lowest BCUT2D eigenvalue weighted by Gasteiger charge is -2.05. The molecule has 0 aliphatic rings. The van der Waals surface area contributed by atoms with E-state index in [1.165, 1.54) is 0 Å². The summed E-state index contributed by atoms with van der Waals surface area (Å²) >= 11 is 9.19. The number of nitrogens with one attached hydrogen (secondary N) is 1. The van der Waals surface area contributed by atoms with Gasteiger partial charge in [-0.05, 0) is 34.1 Å². The molecular formula is C8H10BrClN2. The summed E-state index contributed by atoms with van der Waals surface area (Å²) in [5, 5.41) is 3.84. The first kappa shape index (κ1) is 9.84. The van der Waals surface area contributed by atoms with Crippen LogP contribution in [-0.4, -0.2) is 13.1 Å². The summed E-state index contributed by atoms with van der Waals surface area (Å²) in [6, 6.07) is 5.72. The van der Waals surface area contributed by atoms with Gasteiger partial charge >= 0.3 is 0 Å². The number of halogens is 2. The highest BCUT2D eigenvalue weighted by Crippen LogP contribution is 2.25. The summed E-state index contributed by atoms with van der Waals surface area (Å²) in [4.78, 5) is 0. The Bertz CT molecular complexity index is 265. The average molecular weight is 250 g/mol. The van der Waals surface area contributed by atoms with Crippen molar-refractivity contribution >= 4 is 33.2 Å².